The lowest BCUT2D eigenvalue weighted by Gasteiger charge is -2.09. The summed E-state index contributed by atoms with van der Waals surface area (Å²) in [6, 6.07) is 4.30. The fraction of sp³-hybridized carbons (Fsp3) is 0.273. The second-order valence-electron chi connectivity index (χ2n) is 3.67. The van der Waals surface area contributed by atoms with Crippen molar-refractivity contribution in [2.45, 2.75) is 19.9 Å². The second-order valence-corrected chi connectivity index (χ2v) is 3.67. The fourth-order valence-electron chi connectivity index (χ4n) is 1.27. The minimum absolute atomic E-state index is 0.272. The molecule has 0 saturated carbocycles. The molecule has 5 heteroatoms. The Labute approximate surface area is 93.8 Å². The number of anilines is 1. The van der Waals surface area contributed by atoms with E-state index in [-0.39, 0.29) is 5.91 Å². The summed E-state index contributed by atoms with van der Waals surface area (Å²) < 4.78 is 0. The molecule has 0 fully saturated rings. The van der Waals surface area contributed by atoms with E-state index in [0.29, 0.717) is 11.3 Å². The minimum Gasteiger partial charge on any atom is -0.366 e. The first kappa shape index (κ1) is 12.2. The predicted molar refractivity (Wildman–Crippen MR) is 62.0 cm³/mol. The molecule has 0 aliphatic rings. The van der Waals surface area contributed by atoms with E-state index in [2.05, 4.69) is 5.32 Å². The van der Waals surface area contributed by atoms with Gasteiger partial charge in [0.1, 0.15) is 0 Å². The first-order valence-corrected chi connectivity index (χ1v) is 4.88. The van der Waals surface area contributed by atoms with Crippen molar-refractivity contribution in [2.24, 2.45) is 11.5 Å². The molecule has 0 radical (unpaired) electrons. The first-order chi connectivity index (χ1) is 7.41. The summed E-state index contributed by atoms with van der Waals surface area (Å²) in [5, 5.41) is 2.63. The Hall–Kier alpha value is -1.88. The first-order valence-electron chi connectivity index (χ1n) is 4.88. The Morgan fingerprint density at radius 2 is 2.00 bits per heavy atom. The van der Waals surface area contributed by atoms with E-state index in [1.54, 1.807) is 32.0 Å². The van der Waals surface area contributed by atoms with Crippen LogP contribution in [0.25, 0.3) is 0 Å². The molecule has 0 spiro atoms. The van der Waals surface area contributed by atoms with Crippen molar-refractivity contribution in [3.63, 3.8) is 0 Å². The average molecular weight is 221 g/mol. The third kappa shape index (κ3) is 2.80. The third-order valence-electron chi connectivity index (χ3n) is 2.17. The van der Waals surface area contributed by atoms with Gasteiger partial charge in [0.2, 0.25) is 11.8 Å². The maximum atomic E-state index is 11.3. The van der Waals surface area contributed by atoms with Crippen molar-refractivity contribution in [1.82, 2.24) is 0 Å². The summed E-state index contributed by atoms with van der Waals surface area (Å²) in [5.74, 6) is -0.756. The lowest BCUT2D eigenvalue weighted by Crippen LogP contribution is -2.32. The van der Waals surface area contributed by atoms with Gasteiger partial charge in [-0.2, -0.15) is 0 Å². The Morgan fingerprint density at radius 1 is 1.38 bits per heavy atom. The number of rotatable bonds is 3. The summed E-state index contributed by atoms with van der Waals surface area (Å²) in [7, 11) is 0. The highest BCUT2D eigenvalue weighted by molar-refractivity contribution is 5.97. The lowest BCUT2D eigenvalue weighted by molar-refractivity contribution is -0.117. The molecule has 0 aliphatic heterocycles. The van der Waals surface area contributed by atoms with Crippen LogP contribution in [0, 0.1) is 6.92 Å². The molecule has 0 aliphatic carbocycles. The number of aryl methyl sites for hydroxylation is 1. The zero-order valence-corrected chi connectivity index (χ0v) is 9.28. The molecule has 0 bridgehead atoms. The van der Waals surface area contributed by atoms with Gasteiger partial charge in [0.25, 0.3) is 0 Å². The third-order valence-corrected chi connectivity index (χ3v) is 2.17. The van der Waals surface area contributed by atoms with Crippen LogP contribution < -0.4 is 16.8 Å². The van der Waals surface area contributed by atoms with Gasteiger partial charge in [0, 0.05) is 11.3 Å². The Balaban J connectivity index is 2.90. The van der Waals surface area contributed by atoms with E-state index < -0.39 is 11.9 Å². The monoisotopic (exact) mass is 221 g/mol. The highest BCUT2D eigenvalue weighted by Crippen LogP contribution is 2.14. The number of carbonyl (C=O) groups excluding carboxylic acids is 2. The van der Waals surface area contributed by atoms with E-state index in [1.807, 2.05) is 0 Å². The Morgan fingerprint density at radius 3 is 2.44 bits per heavy atom. The molecule has 16 heavy (non-hydrogen) atoms. The number of carbonyl (C=O) groups is 2. The van der Waals surface area contributed by atoms with Crippen molar-refractivity contribution in [3.8, 4) is 0 Å². The quantitative estimate of drug-likeness (QED) is 0.688. The molecular weight excluding hydrogens is 206 g/mol. The number of hydrogen-bond acceptors (Lipinski definition) is 3. The van der Waals surface area contributed by atoms with Gasteiger partial charge in [-0.25, -0.2) is 0 Å². The zero-order valence-electron chi connectivity index (χ0n) is 9.28. The van der Waals surface area contributed by atoms with Crippen molar-refractivity contribution >= 4 is 17.5 Å². The Bertz CT molecular complexity index is 427. The minimum atomic E-state index is -0.573. The molecule has 0 saturated heterocycles. The van der Waals surface area contributed by atoms with Crippen molar-refractivity contribution in [2.75, 3.05) is 5.32 Å². The van der Waals surface area contributed by atoms with E-state index in [1.165, 1.54) is 0 Å². The van der Waals surface area contributed by atoms with Gasteiger partial charge in [-0.05, 0) is 37.6 Å². The van der Waals surface area contributed by atoms with E-state index >= 15 is 0 Å². The molecule has 5 N–H and O–H groups in total. The maximum absolute atomic E-state index is 11.3. The summed E-state index contributed by atoms with van der Waals surface area (Å²) in [5.41, 5.74) is 12.3. The molecule has 1 rings (SSSR count). The average Bonchev–Trinajstić information content (AvgIpc) is 2.16. The zero-order chi connectivity index (χ0) is 12.3. The van der Waals surface area contributed by atoms with E-state index in [0.717, 1.165) is 5.56 Å². The lowest BCUT2D eigenvalue weighted by atomic mass is 10.1. The topological polar surface area (TPSA) is 98.2 Å². The van der Waals surface area contributed by atoms with Crippen LogP contribution in [0.4, 0.5) is 5.69 Å². The van der Waals surface area contributed by atoms with Crippen LogP contribution in [-0.4, -0.2) is 17.9 Å². The van der Waals surface area contributed by atoms with Gasteiger partial charge in [-0.1, -0.05) is 0 Å². The van der Waals surface area contributed by atoms with Crippen LogP contribution in [0.1, 0.15) is 22.8 Å². The summed E-state index contributed by atoms with van der Waals surface area (Å²) in [6.45, 7) is 3.35. The normalized spacial score (nSPS) is 11.9. The largest absolute Gasteiger partial charge is 0.366 e. The van der Waals surface area contributed by atoms with Gasteiger partial charge in [-0.15, -0.1) is 0 Å². The van der Waals surface area contributed by atoms with Gasteiger partial charge in [0.15, 0.2) is 0 Å². The van der Waals surface area contributed by atoms with Crippen molar-refractivity contribution < 1.29 is 9.59 Å². The van der Waals surface area contributed by atoms with E-state index in [9.17, 15) is 9.59 Å². The summed E-state index contributed by atoms with van der Waals surface area (Å²) in [6.07, 6.45) is 0. The molecule has 1 aromatic rings. The van der Waals surface area contributed by atoms with Crippen LogP contribution in [0.2, 0.25) is 0 Å². The van der Waals surface area contributed by atoms with Gasteiger partial charge >= 0.3 is 0 Å². The maximum Gasteiger partial charge on any atom is 0.248 e. The standard InChI is InChI=1S/C11H15N3O2/c1-6-5-8(14-11(16)7(2)12)3-4-9(6)10(13)15/h3-5,7H,12H2,1-2H3,(H2,13,15)(H,14,16)/t7-/m0/s1. The number of benzene rings is 1. The Kier molecular flexibility index (Phi) is 3.63. The van der Waals surface area contributed by atoms with E-state index in [4.69, 9.17) is 11.5 Å². The molecule has 86 valence electrons. The molecule has 0 heterocycles. The molecule has 5 nitrogen and oxygen atoms in total. The van der Waals surface area contributed by atoms with Gasteiger partial charge in [-0.3, -0.25) is 9.59 Å². The molecule has 0 unspecified atom stereocenters. The highest BCUT2D eigenvalue weighted by atomic mass is 16.2. The van der Waals surface area contributed by atoms with Crippen molar-refractivity contribution in [1.29, 1.82) is 0 Å². The van der Waals surface area contributed by atoms with Crippen LogP contribution in [0.5, 0.6) is 0 Å². The summed E-state index contributed by atoms with van der Waals surface area (Å²) >= 11 is 0. The predicted octanol–water partition coefficient (Wildman–Crippen LogP) is 0.380. The van der Waals surface area contributed by atoms with Gasteiger partial charge < -0.3 is 16.8 Å². The molecule has 0 aromatic heterocycles. The molecule has 1 atom stereocenters. The SMILES string of the molecule is Cc1cc(NC(=O)[C@H](C)N)ccc1C(N)=O. The van der Waals surface area contributed by atoms with Crippen LogP contribution in [0.15, 0.2) is 18.2 Å². The second kappa shape index (κ2) is 4.76. The van der Waals surface area contributed by atoms with Crippen LogP contribution in [0.3, 0.4) is 0 Å². The molecule has 2 amide bonds. The van der Waals surface area contributed by atoms with Gasteiger partial charge in [0.05, 0.1) is 6.04 Å². The number of hydrogen-bond donors (Lipinski definition) is 3. The number of amides is 2. The fourth-order valence-corrected chi connectivity index (χ4v) is 1.27. The number of nitrogens with one attached hydrogen (secondary N) is 1. The van der Waals surface area contributed by atoms with Crippen molar-refractivity contribution in [3.05, 3.63) is 29.3 Å². The number of primary amides is 1. The molecular formula is C11H15N3O2. The smallest absolute Gasteiger partial charge is 0.248 e. The highest BCUT2D eigenvalue weighted by Gasteiger charge is 2.09. The number of nitrogens with two attached hydrogens (primary N) is 2. The molecule has 1 aromatic carbocycles. The van der Waals surface area contributed by atoms with Crippen LogP contribution in [-0.2, 0) is 4.79 Å². The van der Waals surface area contributed by atoms with Crippen LogP contribution >= 0.6 is 0 Å². The summed E-state index contributed by atoms with van der Waals surface area (Å²) in [4.78, 5) is 22.3.